The summed E-state index contributed by atoms with van der Waals surface area (Å²) in [6.45, 7) is 9.08. The Balaban J connectivity index is 1.28. The predicted molar refractivity (Wildman–Crippen MR) is 134 cm³/mol. The topological polar surface area (TPSA) is 80.1 Å². The zero-order valence-electron chi connectivity index (χ0n) is 19.7. The molecule has 2 aliphatic rings. The number of likely N-dealkylation sites (N-methyl/N-ethyl adjacent to an activating group) is 1. The van der Waals surface area contributed by atoms with Gasteiger partial charge in [-0.15, -0.1) is 22.7 Å². The van der Waals surface area contributed by atoms with Crippen LogP contribution in [0.5, 0.6) is 0 Å². The molecule has 0 radical (unpaired) electrons. The van der Waals surface area contributed by atoms with Gasteiger partial charge in [0.25, 0.3) is 5.56 Å². The van der Waals surface area contributed by atoms with E-state index >= 15 is 0 Å². The number of carbonyl (C=O) groups excluding carboxylic acids is 1. The number of aryl methyl sites for hydroxylation is 2. The summed E-state index contributed by atoms with van der Waals surface area (Å²) in [7, 11) is 2.09. The van der Waals surface area contributed by atoms with Crippen LogP contribution in [0.15, 0.2) is 11.1 Å². The molecule has 0 fully saturated rings. The average molecular weight is 486 g/mol. The molecule has 4 heterocycles. The summed E-state index contributed by atoms with van der Waals surface area (Å²) in [5, 5.41) is 4.34. The fraction of sp³-hybridized carbons (Fsp3) is 0.583. The molecule has 33 heavy (non-hydrogen) atoms. The normalized spacial score (nSPS) is 18.8. The van der Waals surface area contributed by atoms with Crippen LogP contribution in [-0.2, 0) is 37.1 Å². The molecule has 5 rings (SSSR count). The Morgan fingerprint density at radius 3 is 2.85 bits per heavy atom. The van der Waals surface area contributed by atoms with Crippen molar-refractivity contribution in [3.8, 4) is 0 Å². The molecule has 1 aliphatic carbocycles. The second-order valence-electron chi connectivity index (χ2n) is 10.4. The van der Waals surface area contributed by atoms with Crippen molar-refractivity contribution in [2.75, 3.05) is 18.9 Å². The minimum atomic E-state index is -0.123. The van der Waals surface area contributed by atoms with Crippen molar-refractivity contribution in [2.24, 2.45) is 11.3 Å². The molecule has 0 spiro atoms. The largest absolute Gasteiger partial charge is 0.302 e. The minimum Gasteiger partial charge on any atom is -0.302 e. The van der Waals surface area contributed by atoms with Gasteiger partial charge < -0.3 is 10.2 Å². The standard InChI is InChI=1S/C24H31N5O2S2/c1-24(2,3)14-5-6-15-17(11-14)32-21-20(15)22(31)29(13-25-21)10-8-19(30)27-23-26-16-7-9-28(4)12-18(16)33-23/h13-14H,5-12H2,1-4H3,(H,26,27,30). The molecule has 9 heteroatoms. The van der Waals surface area contributed by atoms with Gasteiger partial charge in [0.2, 0.25) is 5.91 Å². The number of nitrogens with one attached hydrogen (secondary N) is 1. The van der Waals surface area contributed by atoms with Crippen LogP contribution in [0.1, 0.15) is 54.6 Å². The van der Waals surface area contributed by atoms with E-state index < -0.39 is 0 Å². The van der Waals surface area contributed by atoms with E-state index in [0.29, 0.717) is 17.6 Å². The van der Waals surface area contributed by atoms with Crippen molar-refractivity contribution in [1.82, 2.24) is 19.4 Å². The summed E-state index contributed by atoms with van der Waals surface area (Å²) in [5.74, 6) is 0.503. The number of hydrogen-bond acceptors (Lipinski definition) is 7. The van der Waals surface area contributed by atoms with Crippen molar-refractivity contribution in [3.63, 3.8) is 0 Å². The lowest BCUT2D eigenvalue weighted by Crippen LogP contribution is -2.27. The van der Waals surface area contributed by atoms with E-state index in [4.69, 9.17) is 0 Å². The molecule has 3 aromatic heterocycles. The van der Waals surface area contributed by atoms with Gasteiger partial charge in [0, 0.05) is 42.2 Å². The van der Waals surface area contributed by atoms with Gasteiger partial charge in [0.15, 0.2) is 5.13 Å². The lowest BCUT2D eigenvalue weighted by Gasteiger charge is -2.33. The number of thiophene rings is 1. The average Bonchev–Trinajstić information content (AvgIpc) is 3.32. The van der Waals surface area contributed by atoms with Crippen molar-refractivity contribution >= 4 is 43.9 Å². The van der Waals surface area contributed by atoms with Crippen LogP contribution >= 0.6 is 22.7 Å². The Labute approximate surface area is 201 Å². The molecule has 7 nitrogen and oxygen atoms in total. The highest BCUT2D eigenvalue weighted by Gasteiger charge is 2.31. The first-order chi connectivity index (χ1) is 15.7. The molecule has 0 saturated carbocycles. The molecule has 0 bridgehead atoms. The molecule has 1 atom stereocenters. The van der Waals surface area contributed by atoms with Crippen molar-refractivity contribution in [1.29, 1.82) is 0 Å². The van der Waals surface area contributed by atoms with Crippen molar-refractivity contribution in [2.45, 2.75) is 66.0 Å². The molecular weight excluding hydrogens is 454 g/mol. The maximum Gasteiger partial charge on any atom is 0.262 e. The number of hydrogen-bond donors (Lipinski definition) is 1. The first kappa shape index (κ1) is 22.7. The van der Waals surface area contributed by atoms with Crippen molar-refractivity contribution in [3.05, 3.63) is 37.7 Å². The van der Waals surface area contributed by atoms with Gasteiger partial charge in [-0.2, -0.15) is 0 Å². The Bertz CT molecular complexity index is 1270. The summed E-state index contributed by atoms with van der Waals surface area (Å²) >= 11 is 3.22. The third-order valence-electron chi connectivity index (χ3n) is 7.01. The molecule has 1 unspecified atom stereocenters. The van der Waals surface area contributed by atoms with Crippen LogP contribution in [0.25, 0.3) is 10.2 Å². The molecule has 3 aromatic rings. The monoisotopic (exact) mass is 485 g/mol. The van der Waals surface area contributed by atoms with Crippen LogP contribution in [0.4, 0.5) is 5.13 Å². The fourth-order valence-corrected chi connectivity index (χ4v) is 7.24. The van der Waals surface area contributed by atoms with E-state index in [1.807, 2.05) is 0 Å². The molecule has 1 N–H and O–H groups in total. The van der Waals surface area contributed by atoms with Crippen molar-refractivity contribution < 1.29 is 4.79 Å². The summed E-state index contributed by atoms with van der Waals surface area (Å²) in [6, 6.07) is 0. The highest BCUT2D eigenvalue weighted by molar-refractivity contribution is 7.18. The van der Waals surface area contributed by atoms with Gasteiger partial charge in [-0.05, 0) is 43.2 Å². The SMILES string of the molecule is CN1CCc2nc(NC(=O)CCn3cnc4sc5c(c4c3=O)CCC(C(C)(C)C)C5)sc2C1. The highest BCUT2D eigenvalue weighted by Crippen LogP contribution is 2.42. The van der Waals surface area contributed by atoms with E-state index in [-0.39, 0.29) is 23.3 Å². The number of thiazole rings is 1. The lowest BCUT2D eigenvalue weighted by molar-refractivity contribution is -0.116. The molecular formula is C24H31N5O2S2. The van der Waals surface area contributed by atoms with Gasteiger partial charge in [-0.1, -0.05) is 20.8 Å². The Morgan fingerprint density at radius 2 is 2.06 bits per heavy atom. The zero-order chi connectivity index (χ0) is 23.3. The number of amides is 1. The maximum absolute atomic E-state index is 13.3. The number of anilines is 1. The number of nitrogens with zero attached hydrogens (tertiary/aromatic N) is 4. The predicted octanol–water partition coefficient (Wildman–Crippen LogP) is 4.08. The van der Waals surface area contributed by atoms with Crippen LogP contribution in [0.2, 0.25) is 0 Å². The van der Waals surface area contributed by atoms with Crippen LogP contribution in [0, 0.1) is 11.3 Å². The van der Waals surface area contributed by atoms with Gasteiger partial charge in [-0.3, -0.25) is 14.2 Å². The zero-order valence-corrected chi connectivity index (χ0v) is 21.4. The molecule has 0 aromatic carbocycles. The minimum absolute atomic E-state index is 0.0211. The molecule has 1 amide bonds. The highest BCUT2D eigenvalue weighted by atomic mass is 32.1. The maximum atomic E-state index is 13.3. The van der Waals surface area contributed by atoms with E-state index in [1.54, 1.807) is 33.6 Å². The Kier molecular flexibility index (Phi) is 5.91. The van der Waals surface area contributed by atoms with E-state index in [0.717, 1.165) is 54.7 Å². The van der Waals surface area contributed by atoms with Gasteiger partial charge in [0.05, 0.1) is 17.4 Å². The van der Waals surface area contributed by atoms with Gasteiger partial charge in [0.1, 0.15) is 4.83 Å². The van der Waals surface area contributed by atoms with Gasteiger partial charge >= 0.3 is 0 Å². The third kappa shape index (κ3) is 4.50. The molecule has 1 aliphatic heterocycles. The smallest absolute Gasteiger partial charge is 0.262 e. The second kappa shape index (κ2) is 8.60. The van der Waals surface area contributed by atoms with E-state index in [2.05, 4.69) is 48.0 Å². The molecule has 176 valence electrons. The number of fused-ring (bicyclic) bond motifs is 4. The van der Waals surface area contributed by atoms with Gasteiger partial charge in [-0.25, -0.2) is 9.97 Å². The van der Waals surface area contributed by atoms with Crippen LogP contribution < -0.4 is 10.9 Å². The summed E-state index contributed by atoms with van der Waals surface area (Å²) in [4.78, 5) is 40.6. The Morgan fingerprint density at radius 1 is 1.24 bits per heavy atom. The van der Waals surface area contributed by atoms with E-state index in [9.17, 15) is 9.59 Å². The summed E-state index contributed by atoms with van der Waals surface area (Å²) in [5.41, 5.74) is 2.52. The van der Waals surface area contributed by atoms with Crippen LogP contribution in [0.3, 0.4) is 0 Å². The van der Waals surface area contributed by atoms with E-state index in [1.165, 1.54) is 15.3 Å². The van der Waals surface area contributed by atoms with Crippen LogP contribution in [-0.4, -0.2) is 38.9 Å². The molecule has 0 saturated heterocycles. The fourth-order valence-electron chi connectivity index (χ4n) is 4.88. The lowest BCUT2D eigenvalue weighted by atomic mass is 9.72. The Hall–Kier alpha value is -2.10. The number of carbonyl (C=O) groups is 1. The summed E-state index contributed by atoms with van der Waals surface area (Å²) in [6.07, 6.45) is 5.79. The first-order valence-corrected chi connectivity index (χ1v) is 13.3. The number of aromatic nitrogens is 3. The quantitative estimate of drug-likeness (QED) is 0.602. The number of rotatable bonds is 4. The third-order valence-corrected chi connectivity index (χ3v) is 9.17. The first-order valence-electron chi connectivity index (χ1n) is 11.7. The second-order valence-corrected chi connectivity index (χ2v) is 12.6. The summed E-state index contributed by atoms with van der Waals surface area (Å²) < 4.78 is 1.59.